The Morgan fingerprint density at radius 3 is 2.94 bits per heavy atom. The molecule has 17 heavy (non-hydrogen) atoms. The summed E-state index contributed by atoms with van der Waals surface area (Å²) >= 11 is 0. The molecule has 0 spiro atoms. The Morgan fingerprint density at radius 2 is 2.29 bits per heavy atom. The zero-order valence-electron chi connectivity index (χ0n) is 9.73. The average Bonchev–Trinajstić information content (AvgIpc) is 2.36. The fourth-order valence-corrected chi connectivity index (χ4v) is 1.86. The Bertz CT molecular complexity index is 441. The van der Waals surface area contributed by atoms with Crippen LogP contribution in [0.3, 0.4) is 0 Å². The molecule has 1 heterocycles. The number of hydrogen-bond donors (Lipinski definition) is 1. The molecule has 1 N–H and O–H groups in total. The summed E-state index contributed by atoms with van der Waals surface area (Å²) in [6.45, 7) is 2.21. The Balaban J connectivity index is 2.50. The number of carboxylic acid groups (broad SMARTS) is 1. The summed E-state index contributed by atoms with van der Waals surface area (Å²) in [4.78, 5) is 11.0. The number of benzene rings is 1. The molecule has 2 rings (SSSR count). The van der Waals surface area contributed by atoms with Gasteiger partial charge in [-0.3, -0.25) is 4.79 Å². The van der Waals surface area contributed by atoms with Crippen LogP contribution < -0.4 is 9.47 Å². The number of ether oxygens (including phenoxy) is 3. The van der Waals surface area contributed by atoms with Crippen LogP contribution in [0, 0.1) is 0 Å². The SMILES string of the molecule is COc1c(C(C)C(=O)O)ccc2c1COCO2. The molecule has 92 valence electrons. The van der Waals surface area contributed by atoms with E-state index in [0.29, 0.717) is 23.7 Å². The molecule has 0 fully saturated rings. The molecule has 0 radical (unpaired) electrons. The van der Waals surface area contributed by atoms with Crippen LogP contribution in [-0.4, -0.2) is 25.0 Å². The summed E-state index contributed by atoms with van der Waals surface area (Å²) in [5.74, 6) is -0.287. The standard InChI is InChI=1S/C12H14O5/c1-7(12(13)14)8-3-4-10-9(11(8)15-2)5-16-6-17-10/h3-4,7H,5-6H2,1-2H3,(H,13,14). The molecule has 5 nitrogen and oxygen atoms in total. The van der Waals surface area contributed by atoms with Gasteiger partial charge in [0.25, 0.3) is 0 Å². The van der Waals surface area contributed by atoms with Crippen molar-refractivity contribution in [2.45, 2.75) is 19.4 Å². The third kappa shape index (κ3) is 2.06. The van der Waals surface area contributed by atoms with Crippen LogP contribution in [0.25, 0.3) is 0 Å². The lowest BCUT2D eigenvalue weighted by molar-refractivity contribution is -0.138. The van der Waals surface area contributed by atoms with E-state index in [1.165, 1.54) is 7.11 Å². The minimum atomic E-state index is -0.888. The second-order valence-corrected chi connectivity index (χ2v) is 3.84. The molecule has 1 aliphatic rings. The molecule has 1 aromatic rings. The summed E-state index contributed by atoms with van der Waals surface area (Å²) in [6.07, 6.45) is 0. The van der Waals surface area contributed by atoms with Crippen LogP contribution in [0.2, 0.25) is 0 Å². The van der Waals surface area contributed by atoms with Crippen LogP contribution >= 0.6 is 0 Å². The molecule has 1 aliphatic heterocycles. The van der Waals surface area contributed by atoms with Crippen molar-refractivity contribution in [1.29, 1.82) is 0 Å². The largest absolute Gasteiger partial charge is 0.496 e. The average molecular weight is 238 g/mol. The molecule has 1 aromatic carbocycles. The molecular formula is C12H14O5. The van der Waals surface area contributed by atoms with Gasteiger partial charge in [0.15, 0.2) is 6.79 Å². The van der Waals surface area contributed by atoms with E-state index >= 15 is 0 Å². The number of carboxylic acids is 1. The van der Waals surface area contributed by atoms with Gasteiger partial charge in [-0.1, -0.05) is 6.07 Å². The van der Waals surface area contributed by atoms with E-state index in [9.17, 15) is 4.79 Å². The Labute approximate surface area is 98.9 Å². The van der Waals surface area contributed by atoms with Gasteiger partial charge in [-0.2, -0.15) is 0 Å². The highest BCUT2D eigenvalue weighted by molar-refractivity contribution is 5.77. The summed E-state index contributed by atoms with van der Waals surface area (Å²) in [6, 6.07) is 3.48. The maximum Gasteiger partial charge on any atom is 0.310 e. The quantitative estimate of drug-likeness (QED) is 0.869. The van der Waals surface area contributed by atoms with E-state index in [4.69, 9.17) is 19.3 Å². The predicted molar refractivity (Wildman–Crippen MR) is 59.3 cm³/mol. The Morgan fingerprint density at radius 1 is 1.53 bits per heavy atom. The molecule has 0 saturated heterocycles. The minimum Gasteiger partial charge on any atom is -0.496 e. The van der Waals surface area contributed by atoms with Crippen molar-refractivity contribution in [3.63, 3.8) is 0 Å². The molecule has 1 atom stereocenters. The van der Waals surface area contributed by atoms with Gasteiger partial charge in [0.05, 0.1) is 25.2 Å². The lowest BCUT2D eigenvalue weighted by atomic mass is 9.97. The van der Waals surface area contributed by atoms with Gasteiger partial charge in [0, 0.05) is 5.56 Å². The normalized spacial score (nSPS) is 15.6. The highest BCUT2D eigenvalue weighted by Crippen LogP contribution is 2.38. The first-order valence-corrected chi connectivity index (χ1v) is 5.28. The zero-order chi connectivity index (χ0) is 12.4. The van der Waals surface area contributed by atoms with E-state index in [2.05, 4.69) is 0 Å². The first kappa shape index (κ1) is 11.7. The highest BCUT2D eigenvalue weighted by atomic mass is 16.7. The van der Waals surface area contributed by atoms with Crippen LogP contribution in [-0.2, 0) is 16.1 Å². The number of fused-ring (bicyclic) bond motifs is 1. The van der Waals surface area contributed by atoms with Crippen LogP contribution in [0.5, 0.6) is 11.5 Å². The van der Waals surface area contributed by atoms with Gasteiger partial charge in [0.1, 0.15) is 11.5 Å². The van der Waals surface area contributed by atoms with Crippen molar-refractivity contribution in [3.8, 4) is 11.5 Å². The summed E-state index contributed by atoms with van der Waals surface area (Å²) in [5.41, 5.74) is 1.40. The number of rotatable bonds is 3. The van der Waals surface area contributed by atoms with Crippen molar-refractivity contribution in [2.75, 3.05) is 13.9 Å². The van der Waals surface area contributed by atoms with Gasteiger partial charge in [-0.05, 0) is 13.0 Å². The van der Waals surface area contributed by atoms with Crippen molar-refractivity contribution in [1.82, 2.24) is 0 Å². The van der Waals surface area contributed by atoms with Crippen LogP contribution in [0.1, 0.15) is 24.0 Å². The highest BCUT2D eigenvalue weighted by Gasteiger charge is 2.24. The van der Waals surface area contributed by atoms with Crippen molar-refractivity contribution in [3.05, 3.63) is 23.3 Å². The Hall–Kier alpha value is -1.75. The second-order valence-electron chi connectivity index (χ2n) is 3.84. The van der Waals surface area contributed by atoms with E-state index < -0.39 is 11.9 Å². The van der Waals surface area contributed by atoms with E-state index in [1.807, 2.05) is 0 Å². The molecule has 0 amide bonds. The van der Waals surface area contributed by atoms with Crippen molar-refractivity contribution >= 4 is 5.97 Å². The minimum absolute atomic E-state index is 0.212. The second kappa shape index (κ2) is 4.63. The third-order valence-corrected chi connectivity index (χ3v) is 2.83. The van der Waals surface area contributed by atoms with Gasteiger partial charge >= 0.3 is 5.97 Å². The summed E-state index contributed by atoms with van der Waals surface area (Å²) in [7, 11) is 1.52. The Kier molecular flexibility index (Phi) is 3.19. The predicted octanol–water partition coefficient (Wildman–Crippen LogP) is 1.75. The fraction of sp³-hybridized carbons (Fsp3) is 0.417. The smallest absolute Gasteiger partial charge is 0.310 e. The van der Waals surface area contributed by atoms with Crippen molar-refractivity contribution in [2.24, 2.45) is 0 Å². The maximum absolute atomic E-state index is 11.0. The van der Waals surface area contributed by atoms with E-state index in [1.54, 1.807) is 19.1 Å². The lowest BCUT2D eigenvalue weighted by Gasteiger charge is -2.22. The maximum atomic E-state index is 11.0. The monoisotopic (exact) mass is 238 g/mol. The number of carbonyl (C=O) groups is 1. The molecule has 1 unspecified atom stereocenters. The first-order valence-electron chi connectivity index (χ1n) is 5.28. The third-order valence-electron chi connectivity index (χ3n) is 2.83. The van der Waals surface area contributed by atoms with Gasteiger partial charge in [-0.25, -0.2) is 0 Å². The summed E-state index contributed by atoms with van der Waals surface area (Å²) in [5, 5.41) is 9.04. The van der Waals surface area contributed by atoms with Gasteiger partial charge < -0.3 is 19.3 Å². The first-order chi connectivity index (χ1) is 8.15. The number of hydrogen-bond acceptors (Lipinski definition) is 4. The number of methoxy groups -OCH3 is 1. The molecule has 5 heteroatoms. The molecule has 0 aliphatic carbocycles. The van der Waals surface area contributed by atoms with Crippen LogP contribution in [0.15, 0.2) is 12.1 Å². The lowest BCUT2D eigenvalue weighted by Crippen LogP contribution is -2.15. The number of aliphatic carboxylic acids is 1. The molecular weight excluding hydrogens is 224 g/mol. The van der Waals surface area contributed by atoms with E-state index in [-0.39, 0.29) is 6.79 Å². The van der Waals surface area contributed by atoms with Gasteiger partial charge in [-0.15, -0.1) is 0 Å². The van der Waals surface area contributed by atoms with Gasteiger partial charge in [0.2, 0.25) is 0 Å². The zero-order valence-corrected chi connectivity index (χ0v) is 9.73. The van der Waals surface area contributed by atoms with Crippen molar-refractivity contribution < 1.29 is 24.1 Å². The molecule has 0 bridgehead atoms. The fourth-order valence-electron chi connectivity index (χ4n) is 1.86. The topological polar surface area (TPSA) is 65.0 Å². The summed E-state index contributed by atoms with van der Waals surface area (Å²) < 4.78 is 15.8. The molecule has 0 aromatic heterocycles. The van der Waals surface area contributed by atoms with E-state index in [0.717, 1.165) is 5.56 Å². The van der Waals surface area contributed by atoms with Crippen LogP contribution in [0.4, 0.5) is 0 Å². The molecule has 0 saturated carbocycles.